The van der Waals surface area contributed by atoms with Crippen LogP contribution in [-0.4, -0.2) is 16.8 Å². The first kappa shape index (κ1) is 16.6. The molecule has 0 aliphatic heterocycles. The standard InChI is InChI=1S/C18H19NO4/c1-3-5-6-11(4-2)16-10-15(22)17-14(21)9-13(20)12(7-8-19)18(17)23-16/h3-6,9-10,20-21H,2,7-8,19H2,1H3/b5-3-,11-6+. The minimum atomic E-state index is -0.398. The van der Waals surface area contributed by atoms with Crippen LogP contribution < -0.4 is 11.2 Å². The summed E-state index contributed by atoms with van der Waals surface area (Å²) in [4.78, 5) is 12.4. The molecule has 5 heteroatoms. The van der Waals surface area contributed by atoms with Gasteiger partial charge >= 0.3 is 0 Å². The van der Waals surface area contributed by atoms with Gasteiger partial charge in [0.2, 0.25) is 0 Å². The van der Waals surface area contributed by atoms with Crippen molar-refractivity contribution in [3.8, 4) is 11.5 Å². The largest absolute Gasteiger partial charge is 0.507 e. The molecule has 0 aliphatic carbocycles. The molecule has 0 unspecified atom stereocenters. The lowest BCUT2D eigenvalue weighted by Crippen LogP contribution is -2.07. The summed E-state index contributed by atoms with van der Waals surface area (Å²) < 4.78 is 5.79. The van der Waals surface area contributed by atoms with Gasteiger partial charge < -0.3 is 20.4 Å². The number of hydrogen-bond acceptors (Lipinski definition) is 5. The first-order chi connectivity index (χ1) is 11.0. The monoisotopic (exact) mass is 313 g/mol. The molecule has 0 aliphatic rings. The number of rotatable bonds is 5. The molecule has 4 N–H and O–H groups in total. The summed E-state index contributed by atoms with van der Waals surface area (Å²) in [6, 6.07) is 2.43. The Hall–Kier alpha value is -2.79. The molecule has 2 aromatic rings. The Balaban J connectivity index is 2.85. The van der Waals surface area contributed by atoms with E-state index in [1.807, 2.05) is 13.0 Å². The van der Waals surface area contributed by atoms with E-state index in [1.54, 1.807) is 18.2 Å². The van der Waals surface area contributed by atoms with Crippen LogP contribution in [0.4, 0.5) is 0 Å². The minimum Gasteiger partial charge on any atom is -0.507 e. The fourth-order valence-corrected chi connectivity index (χ4v) is 2.33. The van der Waals surface area contributed by atoms with Crippen LogP contribution in [0, 0.1) is 0 Å². The highest BCUT2D eigenvalue weighted by atomic mass is 16.3. The van der Waals surface area contributed by atoms with Crippen LogP contribution in [0.1, 0.15) is 18.2 Å². The van der Waals surface area contributed by atoms with Crippen molar-refractivity contribution in [2.45, 2.75) is 13.3 Å². The van der Waals surface area contributed by atoms with Crippen LogP contribution in [0.2, 0.25) is 0 Å². The van der Waals surface area contributed by atoms with Gasteiger partial charge in [0.1, 0.15) is 28.2 Å². The van der Waals surface area contributed by atoms with E-state index in [4.69, 9.17) is 10.2 Å². The van der Waals surface area contributed by atoms with Crippen molar-refractivity contribution in [1.82, 2.24) is 0 Å². The molecule has 0 atom stereocenters. The SMILES string of the molecule is C=C/C(=C\C=C/C)c1cc(=O)c2c(O)cc(O)c(CCN)c2o1. The van der Waals surface area contributed by atoms with Gasteiger partial charge in [-0.05, 0) is 19.9 Å². The number of nitrogens with two attached hydrogens (primary N) is 1. The van der Waals surface area contributed by atoms with E-state index >= 15 is 0 Å². The van der Waals surface area contributed by atoms with Crippen LogP contribution in [0.15, 0.2) is 52.2 Å². The summed E-state index contributed by atoms with van der Waals surface area (Å²) in [5, 5.41) is 20.0. The van der Waals surface area contributed by atoms with Crippen molar-refractivity contribution in [2.24, 2.45) is 5.73 Å². The summed E-state index contributed by atoms with van der Waals surface area (Å²) in [7, 11) is 0. The maximum atomic E-state index is 12.4. The van der Waals surface area contributed by atoms with Gasteiger partial charge in [0.15, 0.2) is 5.43 Å². The Morgan fingerprint density at radius 2 is 2.09 bits per heavy atom. The number of benzene rings is 1. The molecule has 0 radical (unpaired) electrons. The highest BCUT2D eigenvalue weighted by molar-refractivity contribution is 5.89. The Morgan fingerprint density at radius 3 is 2.70 bits per heavy atom. The molecule has 0 amide bonds. The van der Waals surface area contributed by atoms with Gasteiger partial charge in [-0.25, -0.2) is 0 Å². The van der Waals surface area contributed by atoms with Crippen molar-refractivity contribution in [1.29, 1.82) is 0 Å². The van der Waals surface area contributed by atoms with Gasteiger partial charge in [0.05, 0.1) is 0 Å². The lowest BCUT2D eigenvalue weighted by atomic mass is 10.0. The molecule has 0 saturated carbocycles. The third kappa shape index (κ3) is 3.19. The molecular weight excluding hydrogens is 294 g/mol. The van der Waals surface area contributed by atoms with E-state index in [-0.39, 0.29) is 29.0 Å². The van der Waals surface area contributed by atoms with Gasteiger partial charge in [-0.1, -0.05) is 30.9 Å². The molecule has 1 aromatic heterocycles. The Bertz CT molecular complexity index is 859. The Labute approximate surface area is 133 Å². The second-order valence-corrected chi connectivity index (χ2v) is 4.96. The average Bonchev–Trinajstić information content (AvgIpc) is 2.51. The quantitative estimate of drug-likeness (QED) is 0.738. The summed E-state index contributed by atoms with van der Waals surface area (Å²) in [5.41, 5.74) is 6.31. The van der Waals surface area contributed by atoms with Crippen molar-refractivity contribution in [3.05, 3.63) is 64.6 Å². The molecule has 1 heterocycles. The van der Waals surface area contributed by atoms with E-state index in [0.717, 1.165) is 6.07 Å². The lowest BCUT2D eigenvalue weighted by molar-refractivity contribution is 0.446. The number of phenolic OH excluding ortho intramolecular Hbond substituents is 2. The molecule has 0 fully saturated rings. The lowest BCUT2D eigenvalue weighted by Gasteiger charge is -2.10. The molecule has 120 valence electrons. The molecule has 0 saturated heterocycles. The van der Waals surface area contributed by atoms with Crippen LogP contribution in [0.3, 0.4) is 0 Å². The van der Waals surface area contributed by atoms with Gasteiger partial charge in [-0.3, -0.25) is 4.79 Å². The first-order valence-corrected chi connectivity index (χ1v) is 7.21. The van der Waals surface area contributed by atoms with Crippen LogP contribution >= 0.6 is 0 Å². The highest BCUT2D eigenvalue weighted by Gasteiger charge is 2.17. The fourth-order valence-electron chi connectivity index (χ4n) is 2.33. The minimum absolute atomic E-state index is 0.0319. The molecular formula is C18H19NO4. The topological polar surface area (TPSA) is 96.7 Å². The van der Waals surface area contributed by atoms with Gasteiger partial charge in [0.25, 0.3) is 0 Å². The van der Waals surface area contributed by atoms with E-state index in [0.29, 0.717) is 23.3 Å². The predicted molar refractivity (Wildman–Crippen MR) is 91.6 cm³/mol. The number of hydrogen-bond donors (Lipinski definition) is 3. The van der Waals surface area contributed by atoms with Gasteiger partial charge in [0, 0.05) is 23.3 Å². The highest BCUT2D eigenvalue weighted by Crippen LogP contribution is 2.34. The van der Waals surface area contributed by atoms with Gasteiger partial charge in [-0.15, -0.1) is 0 Å². The third-order valence-electron chi connectivity index (χ3n) is 3.43. The maximum Gasteiger partial charge on any atom is 0.197 e. The van der Waals surface area contributed by atoms with Gasteiger partial charge in [-0.2, -0.15) is 0 Å². The summed E-state index contributed by atoms with van der Waals surface area (Å²) in [6.07, 6.45) is 7.26. The molecule has 0 bridgehead atoms. The summed E-state index contributed by atoms with van der Waals surface area (Å²) >= 11 is 0. The van der Waals surface area contributed by atoms with Crippen molar-refractivity contribution >= 4 is 16.5 Å². The molecule has 5 nitrogen and oxygen atoms in total. The zero-order chi connectivity index (χ0) is 17.0. The zero-order valence-electron chi connectivity index (χ0n) is 12.9. The van der Waals surface area contributed by atoms with E-state index in [1.165, 1.54) is 6.07 Å². The Kier molecular flexibility index (Phi) is 5.03. The summed E-state index contributed by atoms with van der Waals surface area (Å²) in [5.74, 6) is -0.173. The molecule has 23 heavy (non-hydrogen) atoms. The number of phenols is 2. The molecule has 2 rings (SSSR count). The molecule has 0 spiro atoms. The molecule has 1 aromatic carbocycles. The average molecular weight is 313 g/mol. The number of aromatic hydroxyl groups is 2. The van der Waals surface area contributed by atoms with E-state index < -0.39 is 5.43 Å². The summed E-state index contributed by atoms with van der Waals surface area (Å²) in [6.45, 7) is 5.84. The smallest absolute Gasteiger partial charge is 0.197 e. The normalized spacial score (nSPS) is 12.2. The van der Waals surface area contributed by atoms with Crippen molar-refractivity contribution in [2.75, 3.05) is 6.54 Å². The van der Waals surface area contributed by atoms with Crippen LogP contribution in [0.5, 0.6) is 11.5 Å². The zero-order valence-corrected chi connectivity index (χ0v) is 12.9. The van der Waals surface area contributed by atoms with Crippen LogP contribution in [-0.2, 0) is 6.42 Å². The third-order valence-corrected chi connectivity index (χ3v) is 3.43. The Morgan fingerprint density at radius 1 is 1.35 bits per heavy atom. The second kappa shape index (κ2) is 6.98. The predicted octanol–water partition coefficient (Wildman–Crippen LogP) is 2.85. The fraction of sp³-hybridized carbons (Fsp3) is 0.167. The van der Waals surface area contributed by atoms with E-state index in [2.05, 4.69) is 6.58 Å². The first-order valence-electron chi connectivity index (χ1n) is 7.21. The second-order valence-electron chi connectivity index (χ2n) is 4.96. The number of fused-ring (bicyclic) bond motifs is 1. The van der Waals surface area contributed by atoms with Crippen molar-refractivity contribution in [3.63, 3.8) is 0 Å². The van der Waals surface area contributed by atoms with E-state index in [9.17, 15) is 15.0 Å². The van der Waals surface area contributed by atoms with Crippen LogP contribution in [0.25, 0.3) is 16.5 Å². The maximum absolute atomic E-state index is 12.4. The van der Waals surface area contributed by atoms with Crippen molar-refractivity contribution < 1.29 is 14.6 Å². The number of allylic oxidation sites excluding steroid dienone is 5.